The Hall–Kier alpha value is -2.18. The van der Waals surface area contributed by atoms with Crippen molar-refractivity contribution in [3.63, 3.8) is 0 Å². The molecule has 0 aromatic heterocycles. The van der Waals surface area contributed by atoms with Crippen LogP contribution in [0.1, 0.15) is 22.3 Å². The van der Waals surface area contributed by atoms with E-state index in [1.165, 1.54) is 23.3 Å². The molecule has 100 valence electrons. The van der Waals surface area contributed by atoms with Crippen LogP contribution < -0.4 is 0 Å². The molecule has 0 aliphatic carbocycles. The minimum atomic E-state index is -0.189. The molecule has 1 heterocycles. The number of benzene rings is 2. The topological polar surface area (TPSA) is 27.0 Å². The van der Waals surface area contributed by atoms with Crippen LogP contribution in [0, 0.1) is 17.1 Å². The van der Waals surface area contributed by atoms with E-state index in [0.29, 0.717) is 0 Å². The lowest BCUT2D eigenvalue weighted by atomic mass is 10.1. The molecule has 2 nitrogen and oxygen atoms in total. The van der Waals surface area contributed by atoms with Crippen LogP contribution in [0.4, 0.5) is 4.39 Å². The maximum atomic E-state index is 12.8. The maximum absolute atomic E-state index is 12.8. The Labute approximate surface area is 118 Å². The number of rotatable bonds is 3. The van der Waals surface area contributed by atoms with E-state index < -0.39 is 0 Å². The minimum Gasteiger partial charge on any atom is -0.294 e. The van der Waals surface area contributed by atoms with Crippen LogP contribution in [0.15, 0.2) is 42.5 Å². The van der Waals surface area contributed by atoms with Gasteiger partial charge in [0.15, 0.2) is 0 Å². The number of hydrogen-bond donors (Lipinski definition) is 0. The number of halogens is 1. The molecule has 0 unspecified atom stereocenters. The fourth-order valence-electron chi connectivity index (χ4n) is 2.63. The third-order valence-electron chi connectivity index (χ3n) is 3.75. The van der Waals surface area contributed by atoms with Crippen molar-refractivity contribution >= 4 is 0 Å². The fourth-order valence-corrected chi connectivity index (χ4v) is 2.63. The van der Waals surface area contributed by atoms with E-state index in [9.17, 15) is 4.39 Å². The molecular weight excluding hydrogens is 251 g/mol. The number of fused-ring (bicyclic) bond motifs is 1. The highest BCUT2D eigenvalue weighted by Gasteiger charge is 2.18. The Morgan fingerprint density at radius 2 is 1.80 bits per heavy atom. The molecule has 0 radical (unpaired) electrons. The maximum Gasteiger partial charge on any atom is 0.123 e. The monoisotopic (exact) mass is 266 g/mol. The number of nitriles is 1. The lowest BCUT2D eigenvalue weighted by Gasteiger charge is -2.14. The van der Waals surface area contributed by atoms with Crippen LogP contribution in [0.25, 0.3) is 0 Å². The van der Waals surface area contributed by atoms with Crippen molar-refractivity contribution < 1.29 is 4.39 Å². The summed E-state index contributed by atoms with van der Waals surface area (Å²) in [6.45, 7) is 2.77. The molecule has 0 atom stereocenters. The normalized spacial score (nSPS) is 14.0. The smallest absolute Gasteiger partial charge is 0.123 e. The van der Waals surface area contributed by atoms with Gasteiger partial charge in [-0.2, -0.15) is 5.26 Å². The van der Waals surface area contributed by atoms with E-state index in [4.69, 9.17) is 5.26 Å². The van der Waals surface area contributed by atoms with Crippen LogP contribution in [0.3, 0.4) is 0 Å². The standard InChI is InChI=1S/C17H15FN2/c18-17-5-2-13(3-6-17)7-8-20-11-15-4-1-14(10-19)9-16(15)12-20/h1-6,9H,7-8,11-12H2. The largest absolute Gasteiger partial charge is 0.294 e. The molecule has 1 aliphatic heterocycles. The summed E-state index contributed by atoms with van der Waals surface area (Å²) in [5.41, 5.74) is 4.44. The molecule has 1 aliphatic rings. The van der Waals surface area contributed by atoms with Crippen molar-refractivity contribution in [2.75, 3.05) is 6.54 Å². The summed E-state index contributed by atoms with van der Waals surface area (Å²) in [5.74, 6) is -0.189. The van der Waals surface area contributed by atoms with Gasteiger partial charge in [0.25, 0.3) is 0 Å². The van der Waals surface area contributed by atoms with Gasteiger partial charge in [0.2, 0.25) is 0 Å². The molecule has 2 aromatic rings. The highest BCUT2D eigenvalue weighted by atomic mass is 19.1. The van der Waals surface area contributed by atoms with Gasteiger partial charge in [0, 0.05) is 19.6 Å². The fraction of sp³-hybridized carbons (Fsp3) is 0.235. The van der Waals surface area contributed by atoms with Gasteiger partial charge in [0.1, 0.15) is 5.82 Å². The zero-order valence-corrected chi connectivity index (χ0v) is 11.1. The van der Waals surface area contributed by atoms with Crippen molar-refractivity contribution in [1.82, 2.24) is 4.90 Å². The Bertz CT molecular complexity index is 656. The lowest BCUT2D eigenvalue weighted by Crippen LogP contribution is -2.19. The Kier molecular flexibility index (Phi) is 3.49. The molecule has 3 rings (SSSR count). The first kappa shape index (κ1) is 12.8. The number of nitrogens with zero attached hydrogens (tertiary/aromatic N) is 2. The van der Waals surface area contributed by atoms with E-state index in [-0.39, 0.29) is 5.82 Å². The van der Waals surface area contributed by atoms with Crippen LogP contribution in [-0.4, -0.2) is 11.4 Å². The van der Waals surface area contributed by atoms with E-state index in [1.807, 2.05) is 30.3 Å². The molecule has 0 saturated heterocycles. The van der Waals surface area contributed by atoms with Crippen molar-refractivity contribution in [1.29, 1.82) is 5.26 Å². The van der Waals surface area contributed by atoms with Gasteiger partial charge < -0.3 is 0 Å². The Morgan fingerprint density at radius 1 is 1.05 bits per heavy atom. The second kappa shape index (κ2) is 5.44. The Morgan fingerprint density at radius 3 is 2.55 bits per heavy atom. The molecule has 3 heteroatoms. The molecule has 0 saturated carbocycles. The third kappa shape index (κ3) is 2.71. The first-order valence-electron chi connectivity index (χ1n) is 6.73. The van der Waals surface area contributed by atoms with Gasteiger partial charge >= 0.3 is 0 Å². The highest BCUT2D eigenvalue weighted by Crippen LogP contribution is 2.23. The summed E-state index contributed by atoms with van der Waals surface area (Å²) in [4.78, 5) is 2.36. The number of hydrogen-bond acceptors (Lipinski definition) is 2. The lowest BCUT2D eigenvalue weighted by molar-refractivity contribution is 0.288. The third-order valence-corrected chi connectivity index (χ3v) is 3.75. The predicted molar refractivity (Wildman–Crippen MR) is 75.4 cm³/mol. The molecule has 2 aromatic carbocycles. The van der Waals surface area contributed by atoms with Crippen molar-refractivity contribution in [2.24, 2.45) is 0 Å². The van der Waals surface area contributed by atoms with E-state index >= 15 is 0 Å². The second-order valence-corrected chi connectivity index (χ2v) is 5.18. The van der Waals surface area contributed by atoms with Gasteiger partial charge in [-0.15, -0.1) is 0 Å². The first-order chi connectivity index (χ1) is 9.74. The van der Waals surface area contributed by atoms with Gasteiger partial charge in [-0.25, -0.2) is 4.39 Å². The molecule has 0 N–H and O–H groups in total. The van der Waals surface area contributed by atoms with E-state index in [2.05, 4.69) is 11.0 Å². The molecule has 0 bridgehead atoms. The highest BCUT2D eigenvalue weighted by molar-refractivity contribution is 5.40. The minimum absolute atomic E-state index is 0.189. The summed E-state index contributed by atoms with van der Waals surface area (Å²) in [6, 6.07) is 14.8. The van der Waals surface area contributed by atoms with Crippen LogP contribution in [0.2, 0.25) is 0 Å². The molecule has 0 amide bonds. The second-order valence-electron chi connectivity index (χ2n) is 5.18. The zero-order valence-electron chi connectivity index (χ0n) is 11.1. The summed E-state index contributed by atoms with van der Waals surface area (Å²) in [6.07, 6.45) is 0.916. The van der Waals surface area contributed by atoms with Crippen LogP contribution in [0.5, 0.6) is 0 Å². The quantitative estimate of drug-likeness (QED) is 0.852. The molecule has 0 spiro atoms. The van der Waals surface area contributed by atoms with Gasteiger partial charge in [-0.3, -0.25) is 4.90 Å². The summed E-state index contributed by atoms with van der Waals surface area (Å²) in [5, 5.41) is 8.91. The zero-order chi connectivity index (χ0) is 13.9. The van der Waals surface area contributed by atoms with Crippen molar-refractivity contribution in [2.45, 2.75) is 19.5 Å². The average molecular weight is 266 g/mol. The summed E-state index contributed by atoms with van der Waals surface area (Å²) >= 11 is 0. The summed E-state index contributed by atoms with van der Waals surface area (Å²) < 4.78 is 12.8. The SMILES string of the molecule is N#Cc1ccc2c(c1)CN(CCc1ccc(F)cc1)C2. The van der Waals surface area contributed by atoms with Gasteiger partial charge in [-0.1, -0.05) is 18.2 Å². The molecule has 0 fully saturated rings. The van der Waals surface area contributed by atoms with Gasteiger partial charge in [0.05, 0.1) is 11.6 Å². The first-order valence-corrected chi connectivity index (χ1v) is 6.73. The molecule has 20 heavy (non-hydrogen) atoms. The Balaban J connectivity index is 1.61. The van der Waals surface area contributed by atoms with Crippen molar-refractivity contribution in [3.8, 4) is 6.07 Å². The van der Waals surface area contributed by atoms with Gasteiger partial charge in [-0.05, 0) is 47.4 Å². The summed E-state index contributed by atoms with van der Waals surface area (Å²) in [7, 11) is 0. The molecular formula is C17H15FN2. The van der Waals surface area contributed by atoms with Crippen LogP contribution >= 0.6 is 0 Å². The van der Waals surface area contributed by atoms with Crippen LogP contribution in [-0.2, 0) is 19.5 Å². The van der Waals surface area contributed by atoms with E-state index in [1.54, 1.807) is 0 Å². The van der Waals surface area contributed by atoms with E-state index in [0.717, 1.165) is 37.2 Å². The van der Waals surface area contributed by atoms with Crippen molar-refractivity contribution in [3.05, 3.63) is 70.5 Å². The predicted octanol–water partition coefficient (Wildman–Crippen LogP) is 3.26. The average Bonchev–Trinajstić information content (AvgIpc) is 2.88.